The summed E-state index contributed by atoms with van der Waals surface area (Å²) in [6.45, 7) is 3.97. The zero-order valence-corrected chi connectivity index (χ0v) is 9.82. The Morgan fingerprint density at radius 1 is 1.44 bits per heavy atom. The SMILES string of the molecule is O=Cc1ncc([N+](=O)[O-])n1CCN1CCOCC1. The number of imidazole rings is 1. The van der Waals surface area contributed by atoms with Gasteiger partial charge in [-0.2, -0.15) is 0 Å². The van der Waals surface area contributed by atoms with E-state index in [2.05, 4.69) is 9.88 Å². The molecule has 2 heterocycles. The molecule has 1 aromatic rings. The second-order valence-electron chi connectivity index (χ2n) is 3.96. The Morgan fingerprint density at radius 3 is 2.78 bits per heavy atom. The molecule has 98 valence electrons. The van der Waals surface area contributed by atoms with Gasteiger partial charge in [0.2, 0.25) is 6.29 Å². The number of morpholine rings is 1. The first-order valence-electron chi connectivity index (χ1n) is 5.67. The number of hydrogen-bond donors (Lipinski definition) is 0. The van der Waals surface area contributed by atoms with Crippen molar-refractivity contribution in [1.29, 1.82) is 0 Å². The van der Waals surface area contributed by atoms with E-state index in [4.69, 9.17) is 4.74 Å². The maximum absolute atomic E-state index is 10.8. The predicted octanol–water partition coefficient (Wildman–Crippen LogP) is -0.0640. The van der Waals surface area contributed by atoms with E-state index >= 15 is 0 Å². The van der Waals surface area contributed by atoms with Crippen LogP contribution in [0.4, 0.5) is 5.82 Å². The molecule has 0 radical (unpaired) electrons. The Hall–Kier alpha value is -1.80. The third-order valence-corrected chi connectivity index (χ3v) is 2.90. The van der Waals surface area contributed by atoms with Crippen LogP contribution in [-0.2, 0) is 11.3 Å². The molecule has 0 N–H and O–H groups in total. The van der Waals surface area contributed by atoms with Gasteiger partial charge in [-0.1, -0.05) is 0 Å². The van der Waals surface area contributed by atoms with Crippen molar-refractivity contribution in [1.82, 2.24) is 14.5 Å². The van der Waals surface area contributed by atoms with Crippen LogP contribution in [0.5, 0.6) is 0 Å². The Bertz CT molecular complexity index is 439. The smallest absolute Gasteiger partial charge is 0.343 e. The van der Waals surface area contributed by atoms with E-state index in [1.165, 1.54) is 4.57 Å². The summed E-state index contributed by atoms with van der Waals surface area (Å²) in [5, 5.41) is 10.8. The molecule has 0 atom stereocenters. The maximum atomic E-state index is 10.8. The molecule has 1 saturated heterocycles. The van der Waals surface area contributed by atoms with Gasteiger partial charge >= 0.3 is 5.82 Å². The molecule has 2 rings (SSSR count). The Kier molecular flexibility index (Phi) is 4.00. The molecule has 0 aromatic carbocycles. The fraction of sp³-hybridized carbons (Fsp3) is 0.600. The van der Waals surface area contributed by atoms with Crippen molar-refractivity contribution in [3.63, 3.8) is 0 Å². The number of nitro groups is 1. The fourth-order valence-electron chi connectivity index (χ4n) is 1.92. The molecule has 0 saturated carbocycles. The number of nitrogens with zero attached hydrogens (tertiary/aromatic N) is 4. The molecule has 0 spiro atoms. The van der Waals surface area contributed by atoms with Gasteiger partial charge in [-0.05, 0) is 4.92 Å². The molecule has 1 fully saturated rings. The van der Waals surface area contributed by atoms with Gasteiger partial charge < -0.3 is 14.9 Å². The monoisotopic (exact) mass is 254 g/mol. The van der Waals surface area contributed by atoms with Crippen LogP contribution >= 0.6 is 0 Å². The van der Waals surface area contributed by atoms with Gasteiger partial charge in [0, 0.05) is 19.6 Å². The first kappa shape index (κ1) is 12.7. The lowest BCUT2D eigenvalue weighted by Crippen LogP contribution is -2.38. The van der Waals surface area contributed by atoms with Crippen LogP contribution in [0.3, 0.4) is 0 Å². The highest BCUT2D eigenvalue weighted by atomic mass is 16.6. The average molecular weight is 254 g/mol. The lowest BCUT2D eigenvalue weighted by Gasteiger charge is -2.25. The van der Waals surface area contributed by atoms with Crippen molar-refractivity contribution in [3.05, 3.63) is 22.1 Å². The summed E-state index contributed by atoms with van der Waals surface area (Å²) in [6.07, 6.45) is 1.65. The van der Waals surface area contributed by atoms with Gasteiger partial charge in [0.15, 0.2) is 0 Å². The average Bonchev–Trinajstić information content (AvgIpc) is 2.80. The van der Waals surface area contributed by atoms with Crippen LogP contribution in [0.15, 0.2) is 6.20 Å². The molecule has 8 heteroatoms. The van der Waals surface area contributed by atoms with Gasteiger partial charge in [-0.3, -0.25) is 9.69 Å². The molecular weight excluding hydrogens is 240 g/mol. The predicted molar refractivity (Wildman–Crippen MR) is 61.5 cm³/mol. The van der Waals surface area contributed by atoms with Crippen molar-refractivity contribution in [2.24, 2.45) is 0 Å². The minimum atomic E-state index is -0.528. The molecule has 0 aliphatic carbocycles. The van der Waals surface area contributed by atoms with E-state index in [0.29, 0.717) is 32.6 Å². The lowest BCUT2D eigenvalue weighted by molar-refractivity contribution is -0.392. The van der Waals surface area contributed by atoms with E-state index in [0.717, 1.165) is 19.3 Å². The zero-order chi connectivity index (χ0) is 13.0. The van der Waals surface area contributed by atoms with Crippen molar-refractivity contribution >= 4 is 12.1 Å². The van der Waals surface area contributed by atoms with Crippen molar-refractivity contribution in [2.75, 3.05) is 32.8 Å². The van der Waals surface area contributed by atoms with E-state index in [-0.39, 0.29) is 11.6 Å². The summed E-state index contributed by atoms with van der Waals surface area (Å²) in [6, 6.07) is 0. The number of rotatable bonds is 5. The van der Waals surface area contributed by atoms with Crippen LogP contribution in [0.25, 0.3) is 0 Å². The van der Waals surface area contributed by atoms with Crippen molar-refractivity contribution < 1.29 is 14.5 Å². The second kappa shape index (κ2) is 5.69. The highest BCUT2D eigenvalue weighted by molar-refractivity contribution is 5.70. The normalized spacial score (nSPS) is 16.7. The van der Waals surface area contributed by atoms with Crippen LogP contribution in [0.2, 0.25) is 0 Å². The van der Waals surface area contributed by atoms with E-state index in [9.17, 15) is 14.9 Å². The maximum Gasteiger partial charge on any atom is 0.343 e. The summed E-state index contributed by atoms with van der Waals surface area (Å²) in [4.78, 5) is 26.9. The first-order valence-corrected chi connectivity index (χ1v) is 5.67. The molecule has 0 amide bonds. The van der Waals surface area contributed by atoms with E-state index in [1.54, 1.807) is 0 Å². The number of carbonyl (C=O) groups is 1. The first-order chi connectivity index (χ1) is 8.72. The quantitative estimate of drug-likeness (QED) is 0.415. The van der Waals surface area contributed by atoms with Gasteiger partial charge in [-0.15, -0.1) is 0 Å². The van der Waals surface area contributed by atoms with Crippen molar-refractivity contribution in [3.8, 4) is 0 Å². The lowest BCUT2D eigenvalue weighted by atomic mass is 10.4. The minimum Gasteiger partial charge on any atom is -0.379 e. The number of hydrogen-bond acceptors (Lipinski definition) is 6. The highest BCUT2D eigenvalue weighted by Gasteiger charge is 2.20. The van der Waals surface area contributed by atoms with Crippen LogP contribution < -0.4 is 0 Å². The standard InChI is InChI=1S/C10H14N4O4/c15-8-9-11-7-10(14(16)17)13(9)2-1-12-3-5-18-6-4-12/h7-8H,1-6H2. The van der Waals surface area contributed by atoms with Crippen LogP contribution in [-0.4, -0.2) is 58.5 Å². The molecule has 1 aliphatic heterocycles. The molecule has 1 aliphatic rings. The number of carbonyl (C=O) groups excluding carboxylic acids is 1. The van der Waals surface area contributed by atoms with Crippen LogP contribution in [0, 0.1) is 10.1 Å². The summed E-state index contributed by atoms with van der Waals surface area (Å²) >= 11 is 0. The molecule has 1 aromatic heterocycles. The summed E-state index contributed by atoms with van der Waals surface area (Å²) < 4.78 is 6.55. The van der Waals surface area contributed by atoms with E-state index in [1.807, 2.05) is 0 Å². The fourth-order valence-corrected chi connectivity index (χ4v) is 1.92. The van der Waals surface area contributed by atoms with Gasteiger partial charge in [0.1, 0.15) is 12.7 Å². The molecular formula is C10H14N4O4. The molecule has 0 unspecified atom stereocenters. The molecule has 0 bridgehead atoms. The molecule has 8 nitrogen and oxygen atoms in total. The minimum absolute atomic E-state index is 0.0926. The number of aldehydes is 1. The van der Waals surface area contributed by atoms with Crippen molar-refractivity contribution in [2.45, 2.75) is 6.54 Å². The summed E-state index contributed by atoms with van der Waals surface area (Å²) in [7, 11) is 0. The third-order valence-electron chi connectivity index (χ3n) is 2.90. The largest absolute Gasteiger partial charge is 0.379 e. The number of ether oxygens (including phenoxy) is 1. The summed E-state index contributed by atoms with van der Waals surface area (Å²) in [5.74, 6) is -0.0553. The van der Waals surface area contributed by atoms with Gasteiger partial charge in [0.25, 0.3) is 5.82 Å². The van der Waals surface area contributed by atoms with Gasteiger partial charge in [0.05, 0.1) is 13.2 Å². The zero-order valence-electron chi connectivity index (χ0n) is 9.82. The number of aromatic nitrogens is 2. The third kappa shape index (κ3) is 2.71. The molecule has 18 heavy (non-hydrogen) atoms. The Labute approximate surface area is 103 Å². The highest BCUT2D eigenvalue weighted by Crippen LogP contribution is 2.13. The Morgan fingerprint density at radius 2 is 2.17 bits per heavy atom. The topological polar surface area (TPSA) is 90.5 Å². The van der Waals surface area contributed by atoms with Crippen LogP contribution in [0.1, 0.15) is 10.6 Å². The van der Waals surface area contributed by atoms with E-state index < -0.39 is 4.92 Å². The Balaban J connectivity index is 2.04. The van der Waals surface area contributed by atoms with Gasteiger partial charge in [-0.25, -0.2) is 9.55 Å². The second-order valence-corrected chi connectivity index (χ2v) is 3.96. The summed E-state index contributed by atoms with van der Waals surface area (Å²) in [5.41, 5.74) is 0.